The van der Waals surface area contributed by atoms with Crippen molar-refractivity contribution in [2.45, 2.75) is 32.7 Å². The summed E-state index contributed by atoms with van der Waals surface area (Å²) in [5.74, 6) is -2.47. The molecule has 0 radical (unpaired) electrons. The molecule has 0 saturated carbocycles. The summed E-state index contributed by atoms with van der Waals surface area (Å²) in [6.07, 6.45) is 0.843. The van der Waals surface area contributed by atoms with Crippen LogP contribution in [0.15, 0.2) is 12.1 Å². The maximum absolute atomic E-state index is 13.8. The van der Waals surface area contributed by atoms with Gasteiger partial charge < -0.3 is 10.5 Å². The molecule has 120 valence electrons. The molecule has 0 amide bonds. The van der Waals surface area contributed by atoms with Gasteiger partial charge >= 0.3 is 0 Å². The van der Waals surface area contributed by atoms with Crippen LogP contribution in [-0.2, 0) is 16.3 Å². The average molecular weight is 321 g/mol. The fourth-order valence-electron chi connectivity index (χ4n) is 1.92. The van der Waals surface area contributed by atoms with Crippen LogP contribution in [-0.4, -0.2) is 32.6 Å². The Labute approximate surface area is 124 Å². The molecule has 2 N–H and O–H groups in total. The third-order valence-electron chi connectivity index (χ3n) is 2.77. The fraction of sp³-hybridized carbons (Fsp3) is 0.571. The van der Waals surface area contributed by atoms with Crippen molar-refractivity contribution in [2.75, 3.05) is 18.1 Å². The minimum absolute atomic E-state index is 0.0364. The van der Waals surface area contributed by atoms with Gasteiger partial charge in [-0.25, -0.2) is 17.2 Å². The van der Waals surface area contributed by atoms with Crippen molar-refractivity contribution in [2.24, 2.45) is 5.73 Å². The number of sulfone groups is 1. The molecule has 0 bridgehead atoms. The smallest absolute Gasteiger partial charge is 0.190 e. The number of benzene rings is 1. The molecule has 0 aliphatic rings. The van der Waals surface area contributed by atoms with Gasteiger partial charge in [0, 0.05) is 6.04 Å². The van der Waals surface area contributed by atoms with Crippen LogP contribution >= 0.6 is 0 Å². The van der Waals surface area contributed by atoms with E-state index in [1.807, 2.05) is 0 Å². The third kappa shape index (κ3) is 5.97. The summed E-state index contributed by atoms with van der Waals surface area (Å²) in [5, 5.41) is 0. The first-order valence-corrected chi connectivity index (χ1v) is 8.64. The minimum atomic E-state index is -3.24. The first-order chi connectivity index (χ1) is 9.75. The fourth-order valence-corrected chi connectivity index (χ4v) is 3.09. The summed E-state index contributed by atoms with van der Waals surface area (Å²) in [4.78, 5) is 0. The zero-order valence-electron chi connectivity index (χ0n) is 12.2. The zero-order valence-corrected chi connectivity index (χ0v) is 13.1. The lowest BCUT2D eigenvalue weighted by atomic mass is 10.1. The predicted molar refractivity (Wildman–Crippen MR) is 78.2 cm³/mol. The second-order valence-corrected chi connectivity index (χ2v) is 7.37. The lowest BCUT2D eigenvalue weighted by Gasteiger charge is -2.11. The van der Waals surface area contributed by atoms with E-state index in [9.17, 15) is 17.2 Å². The van der Waals surface area contributed by atoms with Crippen LogP contribution in [0.2, 0.25) is 0 Å². The number of ether oxygens (including phenoxy) is 1. The summed E-state index contributed by atoms with van der Waals surface area (Å²) in [5.41, 5.74) is 6.01. The van der Waals surface area contributed by atoms with Gasteiger partial charge in [-0.15, -0.1) is 0 Å². The van der Waals surface area contributed by atoms with E-state index in [2.05, 4.69) is 0 Å². The average Bonchev–Trinajstić information content (AvgIpc) is 2.31. The summed E-state index contributed by atoms with van der Waals surface area (Å²) in [7, 11) is -3.24. The topological polar surface area (TPSA) is 69.4 Å². The summed E-state index contributed by atoms with van der Waals surface area (Å²) < 4.78 is 55.5. The van der Waals surface area contributed by atoms with Crippen molar-refractivity contribution in [3.8, 4) is 5.75 Å². The molecule has 0 aliphatic heterocycles. The van der Waals surface area contributed by atoms with E-state index in [0.29, 0.717) is 18.4 Å². The highest BCUT2D eigenvalue weighted by molar-refractivity contribution is 7.91. The summed E-state index contributed by atoms with van der Waals surface area (Å²) in [6, 6.07) is 2.10. The lowest BCUT2D eigenvalue weighted by Crippen LogP contribution is -2.19. The van der Waals surface area contributed by atoms with Crippen LogP contribution in [0.3, 0.4) is 0 Å². The first kappa shape index (κ1) is 17.8. The second-order valence-electron chi connectivity index (χ2n) is 5.07. The number of nitrogens with two attached hydrogens (primary N) is 1. The molecule has 1 atom stereocenters. The maximum Gasteiger partial charge on any atom is 0.190 e. The molecule has 1 aromatic carbocycles. The molecule has 1 rings (SSSR count). The van der Waals surface area contributed by atoms with Crippen molar-refractivity contribution in [1.29, 1.82) is 0 Å². The molecule has 0 heterocycles. The molecule has 21 heavy (non-hydrogen) atoms. The van der Waals surface area contributed by atoms with Crippen molar-refractivity contribution in [1.82, 2.24) is 0 Å². The molecule has 1 aromatic rings. The number of rotatable bonds is 8. The Balaban J connectivity index is 2.72. The molecule has 0 fully saturated rings. The van der Waals surface area contributed by atoms with E-state index in [1.54, 1.807) is 13.8 Å². The van der Waals surface area contributed by atoms with E-state index in [1.165, 1.54) is 0 Å². The van der Waals surface area contributed by atoms with E-state index in [-0.39, 0.29) is 24.2 Å². The lowest BCUT2D eigenvalue weighted by molar-refractivity contribution is 0.303. The third-order valence-corrected chi connectivity index (χ3v) is 4.59. The van der Waals surface area contributed by atoms with Crippen molar-refractivity contribution in [3.05, 3.63) is 29.3 Å². The first-order valence-electron chi connectivity index (χ1n) is 6.82. The highest BCUT2D eigenvalue weighted by Gasteiger charge is 2.15. The van der Waals surface area contributed by atoms with Crippen LogP contribution < -0.4 is 10.5 Å². The molecular formula is C14H21F2NO3S. The Morgan fingerprint density at radius 2 is 1.81 bits per heavy atom. The Kier molecular flexibility index (Phi) is 6.54. The quantitative estimate of drug-likeness (QED) is 0.796. The molecule has 0 saturated heterocycles. The van der Waals surface area contributed by atoms with Gasteiger partial charge in [0.2, 0.25) is 0 Å². The largest absolute Gasteiger partial charge is 0.487 e. The Hall–Kier alpha value is -1.21. The molecule has 4 nitrogen and oxygen atoms in total. The number of hydrogen-bond acceptors (Lipinski definition) is 4. The van der Waals surface area contributed by atoms with Crippen molar-refractivity contribution < 1.29 is 21.9 Å². The SMILES string of the molecule is CCCS(=O)(=O)CCOc1c(F)cc(CC(C)N)cc1F. The van der Waals surface area contributed by atoms with Gasteiger partial charge in [0.15, 0.2) is 27.2 Å². The number of hydrogen-bond donors (Lipinski definition) is 1. The number of halogens is 2. The standard InChI is InChI=1S/C14H21F2NO3S/c1-3-5-21(18,19)6-4-20-14-12(15)8-11(7-10(2)17)9-13(14)16/h8-10H,3-7,17H2,1-2H3. The normalized spacial score (nSPS) is 13.2. The Morgan fingerprint density at radius 1 is 1.24 bits per heavy atom. The van der Waals surface area contributed by atoms with E-state index < -0.39 is 27.2 Å². The van der Waals surface area contributed by atoms with Gasteiger partial charge in [-0.05, 0) is 37.5 Å². The minimum Gasteiger partial charge on any atom is -0.487 e. The molecule has 1 unspecified atom stereocenters. The molecular weight excluding hydrogens is 300 g/mol. The van der Waals surface area contributed by atoms with Crippen LogP contribution in [0.4, 0.5) is 8.78 Å². The van der Waals surface area contributed by atoms with Crippen molar-refractivity contribution >= 4 is 9.84 Å². The van der Waals surface area contributed by atoms with Gasteiger partial charge in [0.25, 0.3) is 0 Å². The summed E-state index contributed by atoms with van der Waals surface area (Å²) >= 11 is 0. The van der Waals surface area contributed by atoms with E-state index in [4.69, 9.17) is 10.5 Å². The van der Waals surface area contributed by atoms with Crippen LogP contribution in [0.25, 0.3) is 0 Å². The monoisotopic (exact) mass is 321 g/mol. The second kappa shape index (κ2) is 7.70. The molecule has 0 aliphatic carbocycles. The van der Waals surface area contributed by atoms with E-state index >= 15 is 0 Å². The molecule has 0 spiro atoms. The van der Waals surface area contributed by atoms with Crippen molar-refractivity contribution in [3.63, 3.8) is 0 Å². The van der Waals surface area contributed by atoms with Crippen LogP contribution in [0.1, 0.15) is 25.8 Å². The summed E-state index contributed by atoms with van der Waals surface area (Å²) in [6.45, 7) is 3.20. The van der Waals surface area contributed by atoms with Crippen LogP contribution in [0, 0.1) is 11.6 Å². The molecule has 0 aromatic heterocycles. The van der Waals surface area contributed by atoms with E-state index in [0.717, 1.165) is 12.1 Å². The van der Waals surface area contributed by atoms with Gasteiger partial charge in [-0.3, -0.25) is 0 Å². The predicted octanol–water partition coefficient (Wildman–Crippen LogP) is 2.06. The Bertz CT molecular complexity index is 551. The van der Waals surface area contributed by atoms with Crippen LogP contribution in [0.5, 0.6) is 5.75 Å². The highest BCUT2D eigenvalue weighted by Crippen LogP contribution is 2.24. The van der Waals surface area contributed by atoms with Gasteiger partial charge in [-0.1, -0.05) is 6.92 Å². The highest BCUT2D eigenvalue weighted by atomic mass is 32.2. The van der Waals surface area contributed by atoms with Gasteiger partial charge in [0.05, 0.1) is 11.5 Å². The molecule has 7 heteroatoms. The Morgan fingerprint density at radius 3 is 2.29 bits per heavy atom. The zero-order chi connectivity index (χ0) is 16.0. The maximum atomic E-state index is 13.8. The van der Waals surface area contributed by atoms with Gasteiger partial charge in [0.1, 0.15) is 6.61 Å². The van der Waals surface area contributed by atoms with Gasteiger partial charge in [-0.2, -0.15) is 0 Å².